The van der Waals surface area contributed by atoms with Crippen LogP contribution in [-0.2, 0) is 4.79 Å². The van der Waals surface area contributed by atoms with Gasteiger partial charge in [-0.2, -0.15) is 0 Å². The Morgan fingerprint density at radius 1 is 1.43 bits per heavy atom. The van der Waals surface area contributed by atoms with Crippen molar-refractivity contribution in [2.75, 3.05) is 6.61 Å². The van der Waals surface area contributed by atoms with Crippen LogP contribution in [-0.4, -0.2) is 24.8 Å². The molecule has 21 heavy (non-hydrogen) atoms. The molecule has 1 amide bonds. The first kappa shape index (κ1) is 16.0. The van der Waals surface area contributed by atoms with Gasteiger partial charge in [0.2, 0.25) is 0 Å². The minimum Gasteiger partial charge on any atom is -0.483 e. The summed E-state index contributed by atoms with van der Waals surface area (Å²) in [5.41, 5.74) is 0.434. The van der Waals surface area contributed by atoms with E-state index in [1.165, 1.54) is 6.42 Å². The van der Waals surface area contributed by atoms with Crippen LogP contribution >= 0.6 is 15.9 Å². The molecule has 0 saturated heterocycles. The van der Waals surface area contributed by atoms with Crippen LogP contribution in [0.3, 0.4) is 0 Å². The number of benzene rings is 1. The first-order valence-electron chi connectivity index (χ1n) is 7.27. The number of ether oxygens (including phenoxy) is 1. The molecule has 1 aliphatic rings. The van der Waals surface area contributed by atoms with Crippen LogP contribution < -0.4 is 10.1 Å². The van der Waals surface area contributed by atoms with Gasteiger partial charge in [0.1, 0.15) is 5.75 Å². The first-order chi connectivity index (χ1) is 10.1. The molecule has 1 aliphatic carbocycles. The van der Waals surface area contributed by atoms with Crippen LogP contribution in [0.15, 0.2) is 22.7 Å². The zero-order valence-electron chi connectivity index (χ0n) is 12.1. The van der Waals surface area contributed by atoms with Crippen LogP contribution in [0.1, 0.15) is 43.0 Å². The largest absolute Gasteiger partial charge is 0.483 e. The van der Waals surface area contributed by atoms with E-state index in [1.54, 1.807) is 18.2 Å². The molecule has 0 spiro atoms. The van der Waals surface area contributed by atoms with Gasteiger partial charge in [0.15, 0.2) is 12.9 Å². The Labute approximate surface area is 133 Å². The molecule has 0 aliphatic heterocycles. The van der Waals surface area contributed by atoms with E-state index in [9.17, 15) is 9.59 Å². The maximum Gasteiger partial charge on any atom is 0.258 e. The molecular weight excluding hydrogens is 334 g/mol. The van der Waals surface area contributed by atoms with Gasteiger partial charge in [-0.3, -0.25) is 9.59 Å². The summed E-state index contributed by atoms with van der Waals surface area (Å²) in [6.07, 6.45) is 5.32. The van der Waals surface area contributed by atoms with E-state index in [-0.39, 0.29) is 18.6 Å². The SMILES string of the molecule is C[C@@H]1CCCC[C@H]1NC(=O)COc1ccc(Br)cc1C=O. The number of carbonyl (C=O) groups excluding carboxylic acids is 2. The third kappa shape index (κ3) is 4.56. The summed E-state index contributed by atoms with van der Waals surface area (Å²) in [6.45, 7) is 2.11. The molecule has 0 radical (unpaired) electrons. The number of amides is 1. The normalized spacial score (nSPS) is 21.6. The third-order valence-corrected chi connectivity index (χ3v) is 4.41. The highest BCUT2D eigenvalue weighted by molar-refractivity contribution is 9.10. The number of aldehydes is 1. The Hall–Kier alpha value is -1.36. The van der Waals surface area contributed by atoms with E-state index in [0.29, 0.717) is 17.2 Å². The summed E-state index contributed by atoms with van der Waals surface area (Å²) in [6, 6.07) is 5.38. The molecular formula is C16H20BrNO3. The third-order valence-electron chi connectivity index (χ3n) is 3.92. The predicted molar refractivity (Wildman–Crippen MR) is 84.6 cm³/mol. The van der Waals surface area contributed by atoms with Crippen molar-refractivity contribution in [2.45, 2.75) is 38.6 Å². The Balaban J connectivity index is 1.87. The molecule has 0 heterocycles. The minimum atomic E-state index is -0.131. The second-order valence-electron chi connectivity index (χ2n) is 5.52. The van der Waals surface area contributed by atoms with Gasteiger partial charge in [-0.1, -0.05) is 35.7 Å². The summed E-state index contributed by atoms with van der Waals surface area (Å²) < 4.78 is 6.26. The first-order valence-corrected chi connectivity index (χ1v) is 8.06. The zero-order chi connectivity index (χ0) is 15.2. The second-order valence-corrected chi connectivity index (χ2v) is 6.44. The lowest BCUT2D eigenvalue weighted by molar-refractivity contribution is -0.124. The highest BCUT2D eigenvalue weighted by Gasteiger charge is 2.22. The zero-order valence-corrected chi connectivity index (χ0v) is 13.7. The van der Waals surface area contributed by atoms with Crippen molar-refractivity contribution >= 4 is 28.1 Å². The van der Waals surface area contributed by atoms with Crippen molar-refractivity contribution in [3.63, 3.8) is 0 Å². The van der Waals surface area contributed by atoms with Gasteiger partial charge >= 0.3 is 0 Å². The molecule has 2 rings (SSSR count). The van der Waals surface area contributed by atoms with E-state index in [2.05, 4.69) is 28.2 Å². The number of nitrogens with one attached hydrogen (secondary N) is 1. The van der Waals surface area contributed by atoms with E-state index >= 15 is 0 Å². The molecule has 0 bridgehead atoms. The fraction of sp³-hybridized carbons (Fsp3) is 0.500. The van der Waals surface area contributed by atoms with Crippen LogP contribution in [0.25, 0.3) is 0 Å². The van der Waals surface area contributed by atoms with Gasteiger partial charge in [-0.05, 0) is 37.0 Å². The lowest BCUT2D eigenvalue weighted by atomic mass is 9.86. The molecule has 1 saturated carbocycles. The number of carbonyl (C=O) groups is 2. The summed E-state index contributed by atoms with van der Waals surface area (Å²) in [5.74, 6) is 0.814. The lowest BCUT2D eigenvalue weighted by Gasteiger charge is -2.29. The van der Waals surface area contributed by atoms with Gasteiger partial charge in [0.25, 0.3) is 5.91 Å². The van der Waals surface area contributed by atoms with E-state index < -0.39 is 0 Å². The predicted octanol–water partition coefficient (Wildman–Crippen LogP) is 3.34. The number of hydrogen-bond donors (Lipinski definition) is 1. The maximum atomic E-state index is 12.0. The molecule has 1 aromatic rings. The molecule has 2 atom stereocenters. The van der Waals surface area contributed by atoms with Crippen LogP contribution in [0.4, 0.5) is 0 Å². The molecule has 1 aromatic carbocycles. The number of rotatable bonds is 5. The summed E-state index contributed by atoms with van der Waals surface area (Å²) >= 11 is 3.30. The van der Waals surface area contributed by atoms with Crippen LogP contribution in [0.2, 0.25) is 0 Å². The minimum absolute atomic E-state index is 0.0638. The van der Waals surface area contributed by atoms with Crippen molar-refractivity contribution in [1.82, 2.24) is 5.32 Å². The quantitative estimate of drug-likeness (QED) is 0.826. The Bertz CT molecular complexity index is 518. The molecule has 5 heteroatoms. The standard InChI is InChI=1S/C16H20BrNO3/c1-11-4-2-3-5-14(11)18-16(20)10-21-15-7-6-13(17)8-12(15)9-19/h6-9,11,14H,2-5,10H2,1H3,(H,18,20)/t11-,14-/m1/s1. The Kier molecular flexibility index (Phi) is 5.79. The van der Waals surface area contributed by atoms with Crippen molar-refractivity contribution in [3.05, 3.63) is 28.2 Å². The fourth-order valence-corrected chi connectivity index (χ4v) is 3.04. The van der Waals surface area contributed by atoms with Gasteiger partial charge in [0.05, 0.1) is 5.56 Å². The van der Waals surface area contributed by atoms with Gasteiger partial charge < -0.3 is 10.1 Å². The van der Waals surface area contributed by atoms with Crippen molar-refractivity contribution in [3.8, 4) is 5.75 Å². The van der Waals surface area contributed by atoms with Crippen LogP contribution in [0.5, 0.6) is 5.75 Å². The molecule has 0 aromatic heterocycles. The van der Waals surface area contributed by atoms with E-state index in [4.69, 9.17) is 4.74 Å². The topological polar surface area (TPSA) is 55.4 Å². The number of hydrogen-bond acceptors (Lipinski definition) is 3. The maximum absolute atomic E-state index is 12.0. The Morgan fingerprint density at radius 2 is 2.19 bits per heavy atom. The highest BCUT2D eigenvalue weighted by Crippen LogP contribution is 2.24. The monoisotopic (exact) mass is 353 g/mol. The molecule has 1 fully saturated rings. The van der Waals surface area contributed by atoms with Crippen molar-refractivity contribution in [2.24, 2.45) is 5.92 Å². The summed E-state index contributed by atoms with van der Waals surface area (Å²) in [5, 5.41) is 3.03. The highest BCUT2D eigenvalue weighted by atomic mass is 79.9. The molecule has 0 unspecified atom stereocenters. The van der Waals surface area contributed by atoms with Gasteiger partial charge in [-0.15, -0.1) is 0 Å². The molecule has 1 N–H and O–H groups in total. The summed E-state index contributed by atoms with van der Waals surface area (Å²) in [4.78, 5) is 22.9. The van der Waals surface area contributed by atoms with Crippen molar-refractivity contribution < 1.29 is 14.3 Å². The summed E-state index contributed by atoms with van der Waals surface area (Å²) in [7, 11) is 0. The van der Waals surface area contributed by atoms with Crippen LogP contribution in [0, 0.1) is 5.92 Å². The van der Waals surface area contributed by atoms with E-state index in [0.717, 1.165) is 30.0 Å². The average molecular weight is 354 g/mol. The lowest BCUT2D eigenvalue weighted by Crippen LogP contribution is -2.43. The second kappa shape index (κ2) is 7.59. The van der Waals surface area contributed by atoms with Crippen molar-refractivity contribution in [1.29, 1.82) is 0 Å². The number of halogens is 1. The molecule has 4 nitrogen and oxygen atoms in total. The van der Waals surface area contributed by atoms with E-state index in [1.807, 2.05) is 0 Å². The molecule has 114 valence electrons. The average Bonchev–Trinajstić information content (AvgIpc) is 2.48. The Morgan fingerprint density at radius 3 is 2.90 bits per heavy atom. The smallest absolute Gasteiger partial charge is 0.258 e. The van der Waals surface area contributed by atoms with Gasteiger partial charge in [-0.25, -0.2) is 0 Å². The van der Waals surface area contributed by atoms with Gasteiger partial charge in [0, 0.05) is 10.5 Å². The fourth-order valence-electron chi connectivity index (χ4n) is 2.67.